The minimum atomic E-state index is -0.666. The Morgan fingerprint density at radius 2 is 2.44 bits per heavy atom. The van der Waals surface area contributed by atoms with Crippen molar-refractivity contribution < 1.29 is 7.66 Å². The molecule has 9 heavy (non-hydrogen) atoms. The highest BCUT2D eigenvalue weighted by Crippen LogP contribution is 2.06. The van der Waals surface area contributed by atoms with Crippen LogP contribution in [0.3, 0.4) is 0 Å². The molecular weight excluding hydrogens is 118 g/mol. The molecule has 0 unspecified atom stereocenters. The SMILES string of the molecule is [3H]c1cccc([N+](=O)[O-])c1[3H]. The first kappa shape index (κ1) is 3.61. The minimum Gasteiger partial charge on any atom is -0.258 e. The monoisotopic (exact) mass is 127 g/mol. The van der Waals surface area contributed by atoms with Crippen molar-refractivity contribution in [3.63, 3.8) is 0 Å². The van der Waals surface area contributed by atoms with Crippen molar-refractivity contribution in [2.75, 3.05) is 0 Å². The van der Waals surface area contributed by atoms with Crippen molar-refractivity contribution in [2.45, 2.75) is 0 Å². The Morgan fingerprint density at radius 1 is 1.67 bits per heavy atom. The fourth-order valence-electron chi connectivity index (χ4n) is 0.451. The van der Waals surface area contributed by atoms with Gasteiger partial charge in [0, 0.05) is 12.1 Å². The Labute approximate surface area is 54.9 Å². The first-order valence-corrected chi connectivity index (χ1v) is 2.33. The molecule has 0 saturated heterocycles. The summed E-state index contributed by atoms with van der Waals surface area (Å²) in [6.07, 6.45) is 0. The predicted molar refractivity (Wildman–Crippen MR) is 33.1 cm³/mol. The molecule has 3 heteroatoms. The molecule has 0 saturated carbocycles. The maximum Gasteiger partial charge on any atom is 0.269 e. The largest absolute Gasteiger partial charge is 0.269 e. The number of nitro benzene ring substituents is 1. The smallest absolute Gasteiger partial charge is 0.258 e. The molecule has 3 nitrogen and oxygen atoms in total. The van der Waals surface area contributed by atoms with E-state index in [2.05, 4.69) is 0 Å². The molecule has 0 aliphatic carbocycles. The second-order valence-electron chi connectivity index (χ2n) is 1.44. The van der Waals surface area contributed by atoms with Crippen molar-refractivity contribution in [1.29, 1.82) is 0 Å². The van der Waals surface area contributed by atoms with Gasteiger partial charge in [-0.05, 0) is 0 Å². The molecule has 1 aromatic rings. The summed E-state index contributed by atoms with van der Waals surface area (Å²) in [6.45, 7) is 0. The molecule has 1 rings (SSSR count). The molecular formula is C6H5NO2. The van der Waals surface area contributed by atoms with E-state index in [1.54, 1.807) is 0 Å². The number of hydrogen-bond donors (Lipinski definition) is 0. The molecule has 0 aromatic heterocycles. The van der Waals surface area contributed by atoms with Crippen LogP contribution in [0.1, 0.15) is 2.74 Å². The van der Waals surface area contributed by atoms with Gasteiger partial charge in [0.1, 0.15) is 0 Å². The molecule has 0 N–H and O–H groups in total. The minimum absolute atomic E-state index is 0.126. The Morgan fingerprint density at radius 3 is 3.00 bits per heavy atom. The van der Waals surface area contributed by atoms with Crippen molar-refractivity contribution in [3.05, 3.63) is 40.4 Å². The van der Waals surface area contributed by atoms with Crippen LogP contribution in [0, 0.1) is 10.1 Å². The van der Waals surface area contributed by atoms with Crippen LogP contribution in [0.25, 0.3) is 0 Å². The summed E-state index contributed by atoms with van der Waals surface area (Å²) < 4.78 is 14.2. The van der Waals surface area contributed by atoms with Crippen LogP contribution in [0.2, 0.25) is 0 Å². The van der Waals surface area contributed by atoms with E-state index in [4.69, 9.17) is 2.74 Å². The van der Waals surface area contributed by atoms with Gasteiger partial charge in [0.05, 0.1) is 7.66 Å². The Hall–Kier alpha value is -1.38. The molecule has 0 atom stereocenters. The third-order valence-corrected chi connectivity index (χ3v) is 0.831. The summed E-state index contributed by atoms with van der Waals surface area (Å²) in [4.78, 5) is 9.51. The van der Waals surface area contributed by atoms with Crippen LogP contribution in [-0.4, -0.2) is 4.92 Å². The topological polar surface area (TPSA) is 43.1 Å². The van der Waals surface area contributed by atoms with Gasteiger partial charge in [0.15, 0.2) is 0 Å². The van der Waals surface area contributed by atoms with E-state index in [0.717, 1.165) is 0 Å². The zero-order valence-electron chi connectivity index (χ0n) is 6.50. The lowest BCUT2D eigenvalue weighted by molar-refractivity contribution is -0.384. The number of rotatable bonds is 1. The molecule has 0 aliphatic heterocycles. The fourth-order valence-corrected chi connectivity index (χ4v) is 0.451. The maximum absolute atomic E-state index is 10.2. The van der Waals surface area contributed by atoms with Crippen LogP contribution >= 0.6 is 0 Å². The summed E-state index contributed by atoms with van der Waals surface area (Å²) >= 11 is 0. The molecule has 0 bridgehead atoms. The van der Waals surface area contributed by atoms with E-state index in [-0.39, 0.29) is 17.8 Å². The van der Waals surface area contributed by atoms with Crippen molar-refractivity contribution >= 4 is 5.69 Å². The first-order valence-electron chi connectivity index (χ1n) is 3.33. The second kappa shape index (κ2) is 2.26. The lowest BCUT2D eigenvalue weighted by Crippen LogP contribution is -1.84. The molecule has 0 fully saturated rings. The first-order chi connectivity index (χ1) is 5.13. The molecule has 46 valence electrons. The fraction of sp³-hybridized carbons (Fsp3) is 0. The third-order valence-electron chi connectivity index (χ3n) is 0.831. The van der Waals surface area contributed by atoms with Gasteiger partial charge in [0.25, 0.3) is 5.69 Å². The van der Waals surface area contributed by atoms with Crippen LogP contribution in [-0.2, 0) is 0 Å². The highest BCUT2D eigenvalue weighted by molar-refractivity contribution is 5.27. The van der Waals surface area contributed by atoms with Gasteiger partial charge in [-0.3, -0.25) is 10.1 Å². The summed E-state index contributed by atoms with van der Waals surface area (Å²) in [5, 5.41) is 10.2. The molecule has 0 aliphatic rings. The maximum atomic E-state index is 10.2. The van der Waals surface area contributed by atoms with Gasteiger partial charge in [-0.1, -0.05) is 18.2 Å². The number of benzene rings is 1. The van der Waals surface area contributed by atoms with Crippen molar-refractivity contribution in [2.24, 2.45) is 0 Å². The van der Waals surface area contributed by atoms with Gasteiger partial charge in [-0.15, -0.1) is 0 Å². The van der Waals surface area contributed by atoms with E-state index >= 15 is 0 Å². The predicted octanol–water partition coefficient (Wildman–Crippen LogP) is 1.59. The van der Waals surface area contributed by atoms with Gasteiger partial charge in [-0.2, -0.15) is 0 Å². The molecule has 0 heterocycles. The highest BCUT2D eigenvalue weighted by atomic mass is 16.6. The lowest BCUT2D eigenvalue weighted by atomic mass is 10.3. The quantitative estimate of drug-likeness (QED) is 0.424. The Balaban J connectivity index is 3.27. The average Bonchev–Trinajstić information content (AvgIpc) is 1.94. The van der Waals surface area contributed by atoms with Gasteiger partial charge in [-0.25, -0.2) is 0 Å². The van der Waals surface area contributed by atoms with E-state index in [9.17, 15) is 10.1 Å². The van der Waals surface area contributed by atoms with E-state index in [0.29, 0.717) is 0 Å². The van der Waals surface area contributed by atoms with Gasteiger partial charge >= 0.3 is 0 Å². The summed E-state index contributed by atoms with van der Waals surface area (Å²) in [6, 6.07) is 3.48. The van der Waals surface area contributed by atoms with Crippen molar-refractivity contribution in [1.82, 2.24) is 0 Å². The second-order valence-corrected chi connectivity index (χ2v) is 1.44. The lowest BCUT2D eigenvalue weighted by Gasteiger charge is -1.85. The number of nitro groups is 1. The molecule has 0 amide bonds. The van der Waals surface area contributed by atoms with Gasteiger partial charge in [0.2, 0.25) is 0 Å². The average molecular weight is 127 g/mol. The van der Waals surface area contributed by atoms with Gasteiger partial charge < -0.3 is 0 Å². The third kappa shape index (κ3) is 1.25. The van der Waals surface area contributed by atoms with Crippen molar-refractivity contribution in [3.8, 4) is 0 Å². The van der Waals surface area contributed by atoms with E-state index < -0.39 is 4.92 Å². The highest BCUT2D eigenvalue weighted by Gasteiger charge is 1.98. The summed E-state index contributed by atoms with van der Waals surface area (Å²) in [5.74, 6) is 0. The van der Waals surface area contributed by atoms with E-state index in [1.165, 1.54) is 18.2 Å². The van der Waals surface area contributed by atoms with Crippen LogP contribution in [0.15, 0.2) is 30.3 Å². The van der Waals surface area contributed by atoms with E-state index in [1.807, 2.05) is 0 Å². The van der Waals surface area contributed by atoms with Crippen LogP contribution in [0.5, 0.6) is 0 Å². The molecule has 1 aromatic carbocycles. The summed E-state index contributed by atoms with van der Waals surface area (Å²) in [5.41, 5.74) is -0.322. The summed E-state index contributed by atoms with van der Waals surface area (Å²) in [7, 11) is 0. The zero-order valence-corrected chi connectivity index (χ0v) is 4.50. The molecule has 0 spiro atoms. The standard InChI is InChI=1S/C6H5NO2/c8-7(9)6-4-2-1-3-5-6/h1-5H/i2T,4T. The van der Waals surface area contributed by atoms with Crippen LogP contribution in [0.4, 0.5) is 5.69 Å². The Bertz CT molecular complexity index is 301. The molecule has 0 radical (unpaired) electrons. The zero-order chi connectivity index (χ0) is 8.43. The normalized spacial score (nSPS) is 12.0. The van der Waals surface area contributed by atoms with Crippen LogP contribution < -0.4 is 0 Å². The Kier molecular flexibility index (Phi) is 0.906. The number of nitrogens with zero attached hydrogens (tertiary/aromatic N) is 1. The number of para-hydroxylation sites is 1. The number of hydrogen-bond acceptors (Lipinski definition) is 2.